The Labute approximate surface area is 209 Å². The van der Waals surface area contributed by atoms with Crippen molar-refractivity contribution in [3.8, 4) is 5.75 Å². The quantitative estimate of drug-likeness (QED) is 0.648. The average molecular weight is 485 g/mol. The van der Waals surface area contributed by atoms with Crippen LogP contribution in [-0.2, 0) is 14.4 Å². The maximum absolute atomic E-state index is 13.7. The number of hydrogen-bond donors (Lipinski definition) is 2. The van der Waals surface area contributed by atoms with E-state index >= 15 is 0 Å². The smallest absolute Gasteiger partial charge is 0.247 e. The number of fused-ring (bicyclic) bond motifs is 7. The fraction of sp³-hybridized carbons (Fsp3) is 0.593. The standard InChI is InChI=1S/C27H40N4O4/c1-7-18(4)23-25(32)28-14-12-19-8-10-20(11-9-19)35-22-13-15-31(24(22)26(33)29-23)27(34)21(30(5)6)16-17(2)3/h8-12,14,17-18,21-24H,7,13,15-16H2,1-6H3,(H,28,32)(H,29,33). The maximum atomic E-state index is 13.7. The third kappa shape index (κ3) is 6.42. The summed E-state index contributed by atoms with van der Waals surface area (Å²) in [5.41, 5.74) is 0.918. The molecule has 0 spiro atoms. The predicted molar refractivity (Wildman–Crippen MR) is 136 cm³/mol. The van der Waals surface area contributed by atoms with E-state index in [0.717, 1.165) is 5.56 Å². The fourth-order valence-electron chi connectivity index (χ4n) is 4.70. The first-order valence-corrected chi connectivity index (χ1v) is 12.6. The number of carbonyl (C=O) groups excluding carboxylic acids is 3. The van der Waals surface area contributed by atoms with Gasteiger partial charge in [-0.3, -0.25) is 19.3 Å². The number of nitrogens with zero attached hydrogens (tertiary/aromatic N) is 2. The van der Waals surface area contributed by atoms with Crippen LogP contribution in [0.2, 0.25) is 0 Å². The lowest BCUT2D eigenvalue weighted by Crippen LogP contribution is -2.59. The Balaban J connectivity index is 1.99. The third-order valence-electron chi connectivity index (χ3n) is 6.96. The second-order valence-electron chi connectivity index (χ2n) is 10.3. The van der Waals surface area contributed by atoms with E-state index in [4.69, 9.17) is 4.74 Å². The molecule has 5 atom stereocenters. The van der Waals surface area contributed by atoms with E-state index in [1.165, 1.54) is 0 Å². The minimum absolute atomic E-state index is 0.0843. The molecule has 0 aromatic heterocycles. The van der Waals surface area contributed by atoms with Crippen LogP contribution in [0.25, 0.3) is 6.08 Å². The number of likely N-dealkylation sites (tertiary alicyclic amines) is 1. The first kappa shape index (κ1) is 26.7. The minimum Gasteiger partial charge on any atom is -0.488 e. The van der Waals surface area contributed by atoms with Gasteiger partial charge in [0, 0.05) is 19.2 Å². The van der Waals surface area contributed by atoms with Crippen molar-refractivity contribution in [3.63, 3.8) is 0 Å². The molecule has 3 amide bonds. The maximum Gasteiger partial charge on any atom is 0.247 e. The summed E-state index contributed by atoms with van der Waals surface area (Å²) in [6, 6.07) is 5.59. The van der Waals surface area contributed by atoms with Crippen LogP contribution in [0.4, 0.5) is 0 Å². The minimum atomic E-state index is -0.824. The lowest BCUT2D eigenvalue weighted by Gasteiger charge is -2.34. The van der Waals surface area contributed by atoms with Crippen molar-refractivity contribution in [2.45, 2.75) is 71.2 Å². The molecule has 8 nitrogen and oxygen atoms in total. The van der Waals surface area contributed by atoms with Gasteiger partial charge in [0.2, 0.25) is 17.7 Å². The molecule has 1 fully saturated rings. The lowest BCUT2D eigenvalue weighted by atomic mass is 9.97. The normalized spacial score (nSPS) is 24.5. The molecule has 1 saturated heterocycles. The zero-order chi connectivity index (χ0) is 25.7. The van der Waals surface area contributed by atoms with E-state index in [1.807, 2.05) is 57.1 Å². The number of carbonyl (C=O) groups is 3. The van der Waals surface area contributed by atoms with Crippen molar-refractivity contribution in [1.29, 1.82) is 0 Å². The summed E-state index contributed by atoms with van der Waals surface area (Å²) >= 11 is 0. The largest absolute Gasteiger partial charge is 0.488 e. The Morgan fingerprint density at radius 3 is 2.43 bits per heavy atom. The molecule has 0 radical (unpaired) electrons. The molecule has 3 heterocycles. The summed E-state index contributed by atoms with van der Waals surface area (Å²) in [6.07, 6.45) is 4.82. The van der Waals surface area contributed by atoms with Gasteiger partial charge in [-0.2, -0.15) is 0 Å². The zero-order valence-corrected chi connectivity index (χ0v) is 21.8. The summed E-state index contributed by atoms with van der Waals surface area (Å²) < 4.78 is 6.26. The number of amides is 3. The first-order valence-electron chi connectivity index (χ1n) is 12.6. The van der Waals surface area contributed by atoms with Gasteiger partial charge >= 0.3 is 0 Å². The second kappa shape index (κ2) is 11.7. The Morgan fingerprint density at radius 2 is 1.83 bits per heavy atom. The Kier molecular flexibility index (Phi) is 8.94. The Morgan fingerprint density at radius 1 is 1.14 bits per heavy atom. The molecule has 3 aliphatic heterocycles. The summed E-state index contributed by atoms with van der Waals surface area (Å²) in [5, 5.41) is 5.76. The molecular formula is C27H40N4O4. The topological polar surface area (TPSA) is 91.0 Å². The average Bonchev–Trinajstić information content (AvgIpc) is 3.23. The molecule has 1 aromatic carbocycles. The van der Waals surface area contributed by atoms with Crippen LogP contribution >= 0.6 is 0 Å². The van der Waals surface area contributed by atoms with Crippen molar-refractivity contribution in [2.24, 2.45) is 11.8 Å². The van der Waals surface area contributed by atoms with Crippen LogP contribution in [0.5, 0.6) is 5.75 Å². The Bertz CT molecular complexity index is 928. The summed E-state index contributed by atoms with van der Waals surface area (Å²) in [5.74, 6) is 0.157. The molecule has 2 N–H and O–H groups in total. The highest BCUT2D eigenvalue weighted by Crippen LogP contribution is 2.27. The number of ether oxygens (including phenoxy) is 1. The number of likely N-dealkylation sites (N-methyl/N-ethyl adjacent to an activating group) is 1. The highest BCUT2D eigenvalue weighted by molar-refractivity contribution is 5.94. The van der Waals surface area contributed by atoms with Crippen LogP contribution in [0, 0.1) is 11.8 Å². The van der Waals surface area contributed by atoms with Crippen molar-refractivity contribution in [1.82, 2.24) is 20.4 Å². The molecular weight excluding hydrogens is 444 g/mol. The third-order valence-corrected chi connectivity index (χ3v) is 6.96. The Hall–Kier alpha value is -2.87. The van der Waals surface area contributed by atoms with E-state index in [0.29, 0.717) is 37.5 Å². The van der Waals surface area contributed by atoms with Gasteiger partial charge in [0.05, 0.1) is 6.04 Å². The monoisotopic (exact) mass is 484 g/mol. The van der Waals surface area contributed by atoms with Crippen LogP contribution in [0.15, 0.2) is 30.5 Å². The van der Waals surface area contributed by atoms with Gasteiger partial charge in [-0.05, 0) is 56.1 Å². The van der Waals surface area contributed by atoms with Crippen LogP contribution < -0.4 is 15.4 Å². The van der Waals surface area contributed by atoms with Crippen LogP contribution in [-0.4, -0.2) is 72.4 Å². The summed E-state index contributed by atoms with van der Waals surface area (Å²) in [6.45, 7) is 8.51. The van der Waals surface area contributed by atoms with Gasteiger partial charge in [0.15, 0.2) is 0 Å². The molecule has 192 valence electrons. The highest BCUT2D eigenvalue weighted by Gasteiger charge is 2.46. The van der Waals surface area contributed by atoms with E-state index in [2.05, 4.69) is 24.5 Å². The molecule has 0 aliphatic carbocycles. The van der Waals surface area contributed by atoms with Gasteiger partial charge in [0.25, 0.3) is 0 Å². The van der Waals surface area contributed by atoms with Gasteiger partial charge in [-0.1, -0.05) is 46.2 Å². The highest BCUT2D eigenvalue weighted by atomic mass is 16.5. The first-order chi connectivity index (χ1) is 16.6. The summed E-state index contributed by atoms with van der Waals surface area (Å²) in [7, 11) is 3.78. The zero-order valence-electron chi connectivity index (χ0n) is 21.8. The molecule has 0 saturated carbocycles. The molecule has 8 heteroatoms. The number of benzene rings is 1. The van der Waals surface area contributed by atoms with Gasteiger partial charge < -0.3 is 20.3 Å². The van der Waals surface area contributed by atoms with Crippen LogP contribution in [0.1, 0.15) is 52.5 Å². The molecule has 5 unspecified atom stereocenters. The van der Waals surface area contributed by atoms with Crippen molar-refractivity contribution < 1.29 is 19.1 Å². The SMILES string of the molecule is CCC(C)C1NC(=O)C2C(CCN2C(=O)C(CC(C)C)N(C)C)Oc2ccc(cc2)C=CNC1=O. The molecule has 35 heavy (non-hydrogen) atoms. The van der Waals surface area contributed by atoms with E-state index in [9.17, 15) is 14.4 Å². The van der Waals surface area contributed by atoms with Gasteiger partial charge in [-0.15, -0.1) is 0 Å². The van der Waals surface area contributed by atoms with Gasteiger partial charge in [-0.25, -0.2) is 0 Å². The molecule has 1 aromatic rings. The van der Waals surface area contributed by atoms with E-state index in [-0.39, 0.29) is 29.7 Å². The van der Waals surface area contributed by atoms with E-state index < -0.39 is 18.2 Å². The number of nitrogens with one attached hydrogen (secondary N) is 2. The summed E-state index contributed by atoms with van der Waals surface area (Å²) in [4.78, 5) is 44.0. The van der Waals surface area contributed by atoms with Crippen molar-refractivity contribution in [3.05, 3.63) is 36.0 Å². The number of hydrogen-bond acceptors (Lipinski definition) is 5. The molecule has 2 bridgehead atoms. The number of rotatable bonds is 6. The molecule has 4 rings (SSSR count). The van der Waals surface area contributed by atoms with E-state index in [1.54, 1.807) is 17.2 Å². The fourth-order valence-corrected chi connectivity index (χ4v) is 4.70. The van der Waals surface area contributed by atoms with Crippen LogP contribution in [0.3, 0.4) is 0 Å². The second-order valence-corrected chi connectivity index (χ2v) is 10.3. The van der Waals surface area contributed by atoms with Crippen molar-refractivity contribution >= 4 is 23.8 Å². The lowest BCUT2D eigenvalue weighted by molar-refractivity contribution is -0.145. The molecule has 3 aliphatic rings. The van der Waals surface area contributed by atoms with Gasteiger partial charge in [0.1, 0.15) is 23.9 Å². The predicted octanol–water partition coefficient (Wildman–Crippen LogP) is 2.64. The van der Waals surface area contributed by atoms with Crippen molar-refractivity contribution in [2.75, 3.05) is 20.6 Å².